The molecule has 0 aliphatic heterocycles. The first-order valence-electron chi connectivity index (χ1n) is 19.2. The smallest absolute Gasteiger partial charge is 0.0458 e. The summed E-state index contributed by atoms with van der Waals surface area (Å²) in [6, 6.07) is 57.7. The third-order valence-electron chi connectivity index (χ3n) is 11.0. The van der Waals surface area contributed by atoms with Crippen LogP contribution in [0.4, 0.5) is 22.7 Å². The second kappa shape index (κ2) is 14.6. The number of allylic oxidation sites excluding steroid dienone is 8. The van der Waals surface area contributed by atoms with Gasteiger partial charge in [-0.2, -0.15) is 0 Å². The van der Waals surface area contributed by atoms with Gasteiger partial charge < -0.3 is 9.80 Å². The van der Waals surface area contributed by atoms with Crippen LogP contribution in [0, 0.1) is 6.92 Å². The van der Waals surface area contributed by atoms with Gasteiger partial charge in [-0.3, -0.25) is 0 Å². The molecule has 9 rings (SSSR count). The number of nitrogens with zero attached hydrogens (tertiary/aromatic N) is 2. The van der Waals surface area contributed by atoms with Crippen molar-refractivity contribution >= 4 is 49.9 Å². The van der Waals surface area contributed by atoms with Gasteiger partial charge in [-0.1, -0.05) is 132 Å². The first-order valence-corrected chi connectivity index (χ1v) is 19.2. The summed E-state index contributed by atoms with van der Waals surface area (Å²) in [6.07, 6.45) is 13.3. The van der Waals surface area contributed by atoms with E-state index in [2.05, 4.69) is 206 Å². The number of aryl methyl sites for hydroxylation is 1. The molecule has 54 heavy (non-hydrogen) atoms. The van der Waals surface area contributed by atoms with E-state index in [1.165, 1.54) is 89.1 Å². The molecule has 0 fully saturated rings. The van der Waals surface area contributed by atoms with Crippen LogP contribution in [-0.2, 0) is 0 Å². The van der Waals surface area contributed by atoms with Crippen LogP contribution < -0.4 is 9.80 Å². The van der Waals surface area contributed by atoms with E-state index in [0.717, 1.165) is 25.7 Å². The third-order valence-corrected chi connectivity index (χ3v) is 11.0. The van der Waals surface area contributed by atoms with E-state index >= 15 is 0 Å². The van der Waals surface area contributed by atoms with Crippen LogP contribution in [0.1, 0.15) is 43.7 Å². The lowest BCUT2D eigenvalue weighted by molar-refractivity contribution is 0.875. The molecule has 0 amide bonds. The van der Waals surface area contributed by atoms with E-state index in [9.17, 15) is 0 Å². The van der Waals surface area contributed by atoms with E-state index < -0.39 is 0 Å². The molecule has 0 heterocycles. The number of hydrogen-bond acceptors (Lipinski definition) is 2. The maximum atomic E-state index is 2.42. The van der Waals surface area contributed by atoms with Crippen LogP contribution in [0.5, 0.6) is 0 Å². The van der Waals surface area contributed by atoms with Crippen molar-refractivity contribution in [1.82, 2.24) is 0 Å². The van der Waals surface area contributed by atoms with Crippen LogP contribution in [0.3, 0.4) is 0 Å². The minimum absolute atomic E-state index is 0.949. The summed E-state index contributed by atoms with van der Waals surface area (Å²) in [5.74, 6) is 0. The summed E-state index contributed by atoms with van der Waals surface area (Å²) in [5, 5.41) is 5.18. The largest absolute Gasteiger partial charge is 0.314 e. The number of para-hydroxylation sites is 2. The summed E-state index contributed by atoms with van der Waals surface area (Å²) < 4.78 is 0. The Morgan fingerprint density at radius 1 is 0.352 bits per heavy atom. The number of benzene rings is 7. The molecule has 7 aromatic rings. The quantitative estimate of drug-likeness (QED) is 0.146. The van der Waals surface area contributed by atoms with Crippen molar-refractivity contribution in [2.24, 2.45) is 0 Å². The Bertz CT molecular complexity index is 2530. The van der Waals surface area contributed by atoms with Gasteiger partial charge in [0.05, 0.1) is 0 Å². The Morgan fingerprint density at radius 3 is 1.24 bits per heavy atom. The van der Waals surface area contributed by atoms with Gasteiger partial charge in [-0.05, 0) is 144 Å². The monoisotopic (exact) mass is 696 g/mol. The van der Waals surface area contributed by atoms with E-state index in [1.54, 1.807) is 0 Å². The summed E-state index contributed by atoms with van der Waals surface area (Å²) >= 11 is 0. The molecule has 2 nitrogen and oxygen atoms in total. The minimum Gasteiger partial charge on any atom is -0.314 e. The van der Waals surface area contributed by atoms with Gasteiger partial charge in [-0.15, -0.1) is 0 Å². The Hall–Kier alpha value is -6.38. The molecule has 0 saturated heterocycles. The van der Waals surface area contributed by atoms with Crippen LogP contribution in [0.25, 0.3) is 38.2 Å². The molecule has 0 saturated carbocycles. The van der Waals surface area contributed by atoms with Crippen LogP contribution in [0.15, 0.2) is 199 Å². The van der Waals surface area contributed by atoms with Gasteiger partial charge in [0.2, 0.25) is 0 Å². The second-order valence-electron chi connectivity index (χ2n) is 14.6. The standard InChI is InChI=1S/C52H44N2/c1-37-21-29-43(30-22-37)53(41-13-5-3-6-14-41)45-33-25-39(26-34-45)51-47-17-9-11-19-49(47)52(50-20-12-10-18-48(50)51)40-27-35-46(36-28-40)54(42-15-7-4-8-16-42)44-31-23-38(2)24-32-44/h3-23,25,27-31,33,35-36H,24,26,32,34H2,1-2H3. The molecule has 0 N–H and O–H groups in total. The van der Waals surface area contributed by atoms with Crippen LogP contribution in [0.2, 0.25) is 0 Å². The zero-order chi connectivity index (χ0) is 36.4. The lowest BCUT2D eigenvalue weighted by Gasteiger charge is -2.30. The van der Waals surface area contributed by atoms with Gasteiger partial charge >= 0.3 is 0 Å². The van der Waals surface area contributed by atoms with Gasteiger partial charge in [0.25, 0.3) is 0 Å². The summed E-state index contributed by atoms with van der Waals surface area (Å²) in [5.41, 5.74) is 15.3. The first-order chi connectivity index (χ1) is 26.6. The number of rotatable bonds is 8. The zero-order valence-corrected chi connectivity index (χ0v) is 31.0. The molecule has 0 atom stereocenters. The Labute approximate surface area is 319 Å². The van der Waals surface area contributed by atoms with Crippen molar-refractivity contribution in [1.29, 1.82) is 0 Å². The Kier molecular flexibility index (Phi) is 9.02. The highest BCUT2D eigenvalue weighted by Crippen LogP contribution is 2.45. The molecule has 0 spiro atoms. The fourth-order valence-corrected chi connectivity index (χ4v) is 8.31. The van der Waals surface area contributed by atoms with Crippen molar-refractivity contribution in [3.63, 3.8) is 0 Å². The van der Waals surface area contributed by atoms with E-state index in [-0.39, 0.29) is 0 Å². The lowest BCUT2D eigenvalue weighted by atomic mass is 9.83. The number of fused-ring (bicyclic) bond motifs is 2. The fraction of sp³-hybridized carbons (Fsp3) is 0.115. The normalized spacial score (nSPS) is 14.3. The van der Waals surface area contributed by atoms with Crippen molar-refractivity contribution in [3.05, 3.63) is 210 Å². The zero-order valence-electron chi connectivity index (χ0n) is 31.0. The van der Waals surface area contributed by atoms with Crippen molar-refractivity contribution < 1.29 is 0 Å². The van der Waals surface area contributed by atoms with E-state index in [4.69, 9.17) is 0 Å². The van der Waals surface area contributed by atoms with Crippen molar-refractivity contribution in [2.45, 2.75) is 39.5 Å². The number of hydrogen-bond donors (Lipinski definition) is 0. The second-order valence-corrected chi connectivity index (χ2v) is 14.6. The third kappa shape index (κ3) is 6.35. The first kappa shape index (κ1) is 33.5. The highest BCUT2D eigenvalue weighted by atomic mass is 15.2. The number of anilines is 4. The molecule has 2 heteroatoms. The van der Waals surface area contributed by atoms with Gasteiger partial charge in [-0.25, -0.2) is 0 Å². The molecule has 0 radical (unpaired) electrons. The molecular formula is C52H44N2. The Morgan fingerprint density at radius 2 is 0.778 bits per heavy atom. The molecule has 7 aromatic carbocycles. The predicted molar refractivity (Wildman–Crippen MR) is 232 cm³/mol. The molecule has 262 valence electrons. The topological polar surface area (TPSA) is 6.48 Å². The molecule has 0 bridgehead atoms. The van der Waals surface area contributed by atoms with Gasteiger partial charge in [0.15, 0.2) is 0 Å². The maximum Gasteiger partial charge on any atom is 0.0458 e. The van der Waals surface area contributed by atoms with Crippen molar-refractivity contribution in [3.8, 4) is 11.1 Å². The average Bonchev–Trinajstić information content (AvgIpc) is 3.23. The Balaban J connectivity index is 1.14. The maximum absolute atomic E-state index is 2.42. The molecule has 0 unspecified atom stereocenters. The van der Waals surface area contributed by atoms with Gasteiger partial charge in [0, 0.05) is 34.1 Å². The summed E-state index contributed by atoms with van der Waals surface area (Å²) in [6.45, 7) is 4.37. The van der Waals surface area contributed by atoms with E-state index in [1.807, 2.05) is 0 Å². The SMILES string of the molecule is CC1=CC=C(N(c2ccccc2)c2ccc(-c3c4ccccc4c(C4=CC=C(N(c5ccccc5)c5ccc(C)cc5)CC4)c4ccccc34)cc2)CC1. The van der Waals surface area contributed by atoms with Crippen LogP contribution in [-0.4, -0.2) is 0 Å². The highest BCUT2D eigenvalue weighted by Gasteiger charge is 2.23. The summed E-state index contributed by atoms with van der Waals surface area (Å²) in [4.78, 5) is 4.83. The average molecular weight is 697 g/mol. The summed E-state index contributed by atoms with van der Waals surface area (Å²) in [7, 11) is 0. The van der Waals surface area contributed by atoms with E-state index in [0.29, 0.717) is 0 Å². The molecule has 0 aromatic heterocycles. The lowest BCUT2D eigenvalue weighted by Crippen LogP contribution is -2.17. The predicted octanol–water partition coefficient (Wildman–Crippen LogP) is 14.6. The fourth-order valence-electron chi connectivity index (χ4n) is 8.31. The molecule has 2 aliphatic carbocycles. The highest BCUT2D eigenvalue weighted by molar-refractivity contribution is 6.19. The minimum atomic E-state index is 0.949. The van der Waals surface area contributed by atoms with Crippen LogP contribution >= 0.6 is 0 Å². The molecule has 2 aliphatic rings. The molecular weight excluding hydrogens is 653 g/mol. The van der Waals surface area contributed by atoms with Crippen molar-refractivity contribution in [2.75, 3.05) is 9.80 Å². The van der Waals surface area contributed by atoms with Gasteiger partial charge in [0.1, 0.15) is 0 Å².